The number of azo groups is 1. The largest absolute Gasteiger partial charge is 0.508 e. The molecule has 128 valence electrons. The van der Waals surface area contributed by atoms with Crippen molar-refractivity contribution in [3.05, 3.63) is 71.8 Å². The first kappa shape index (κ1) is 16.8. The Morgan fingerprint density at radius 2 is 1.96 bits per heavy atom. The number of benzene rings is 1. The van der Waals surface area contributed by atoms with Gasteiger partial charge >= 0.3 is 0 Å². The van der Waals surface area contributed by atoms with E-state index >= 15 is 0 Å². The standard InChI is InChI=1S/C17H16N4O3S/c22-15-8-4-13(5-9-15)19-20-14-6-10-16(11-7-14)25(23,24)21-17-3-1-2-12-18-17/h1-6,8-12,14,22H,7H2,(H,18,21)/b20-19+. The lowest BCUT2D eigenvalue weighted by Crippen LogP contribution is -2.17. The van der Waals surface area contributed by atoms with Gasteiger partial charge in [-0.25, -0.2) is 13.4 Å². The van der Waals surface area contributed by atoms with Crippen LogP contribution in [-0.4, -0.2) is 24.6 Å². The highest BCUT2D eigenvalue weighted by atomic mass is 32.2. The summed E-state index contributed by atoms with van der Waals surface area (Å²) >= 11 is 0. The van der Waals surface area contributed by atoms with Gasteiger partial charge in [0, 0.05) is 6.20 Å². The highest BCUT2D eigenvalue weighted by Gasteiger charge is 2.19. The van der Waals surface area contributed by atoms with Crippen molar-refractivity contribution in [3.8, 4) is 5.75 Å². The molecule has 8 heteroatoms. The van der Waals surface area contributed by atoms with Crippen LogP contribution in [0.25, 0.3) is 0 Å². The van der Waals surface area contributed by atoms with Crippen LogP contribution in [0.2, 0.25) is 0 Å². The van der Waals surface area contributed by atoms with Crippen molar-refractivity contribution in [3.63, 3.8) is 0 Å². The van der Waals surface area contributed by atoms with E-state index in [0.717, 1.165) is 0 Å². The van der Waals surface area contributed by atoms with Crippen LogP contribution < -0.4 is 4.72 Å². The molecule has 0 spiro atoms. The monoisotopic (exact) mass is 356 g/mol. The molecule has 1 aromatic heterocycles. The van der Waals surface area contributed by atoms with Crippen LogP contribution in [-0.2, 0) is 10.0 Å². The van der Waals surface area contributed by atoms with Crippen LogP contribution in [0.4, 0.5) is 11.5 Å². The predicted molar refractivity (Wildman–Crippen MR) is 95.0 cm³/mol. The van der Waals surface area contributed by atoms with Gasteiger partial charge < -0.3 is 5.11 Å². The first-order chi connectivity index (χ1) is 12.0. The fraction of sp³-hybridized carbons (Fsp3) is 0.118. The number of hydrogen-bond acceptors (Lipinski definition) is 6. The molecule has 0 saturated heterocycles. The van der Waals surface area contributed by atoms with Gasteiger partial charge in [-0.05, 0) is 48.9 Å². The summed E-state index contributed by atoms with van der Waals surface area (Å²) in [5, 5.41) is 17.5. The van der Waals surface area contributed by atoms with Gasteiger partial charge in [0.1, 0.15) is 11.6 Å². The smallest absolute Gasteiger partial charge is 0.262 e. The second-order valence-corrected chi connectivity index (χ2v) is 7.00. The zero-order valence-corrected chi connectivity index (χ0v) is 14.0. The number of aromatic nitrogens is 1. The Bertz CT molecular complexity index is 920. The molecule has 0 aliphatic heterocycles. The molecule has 1 unspecified atom stereocenters. The Labute approximate surface area is 145 Å². The summed E-state index contributed by atoms with van der Waals surface area (Å²) in [5.74, 6) is 0.431. The van der Waals surface area contributed by atoms with Crippen LogP contribution in [0, 0.1) is 0 Å². The van der Waals surface area contributed by atoms with Gasteiger partial charge in [0.05, 0.1) is 16.6 Å². The maximum absolute atomic E-state index is 12.3. The van der Waals surface area contributed by atoms with E-state index in [1.165, 1.54) is 24.4 Å². The molecule has 0 radical (unpaired) electrons. The fourth-order valence-electron chi connectivity index (χ4n) is 2.15. The van der Waals surface area contributed by atoms with E-state index in [9.17, 15) is 13.5 Å². The number of sulfonamides is 1. The molecule has 0 saturated carbocycles. The Kier molecular flexibility index (Phi) is 4.90. The molecule has 0 bridgehead atoms. The molecule has 3 rings (SSSR count). The van der Waals surface area contributed by atoms with Crippen LogP contribution >= 0.6 is 0 Å². The van der Waals surface area contributed by atoms with Crippen LogP contribution in [0.1, 0.15) is 6.42 Å². The number of hydrogen-bond donors (Lipinski definition) is 2. The van der Waals surface area contributed by atoms with E-state index in [-0.39, 0.29) is 22.5 Å². The lowest BCUT2D eigenvalue weighted by molar-refractivity contribution is 0.475. The van der Waals surface area contributed by atoms with Crippen molar-refractivity contribution in [2.45, 2.75) is 12.5 Å². The number of pyridine rings is 1. The molecule has 7 nitrogen and oxygen atoms in total. The summed E-state index contributed by atoms with van der Waals surface area (Å²) in [6.45, 7) is 0. The third-order valence-electron chi connectivity index (χ3n) is 3.43. The van der Waals surface area contributed by atoms with Crippen LogP contribution in [0.15, 0.2) is 82.0 Å². The van der Waals surface area contributed by atoms with Crippen LogP contribution in [0.3, 0.4) is 0 Å². The SMILES string of the molecule is O=S(=O)(Nc1ccccn1)C1=CCC(/N=N/c2ccc(O)cc2)C=C1. The number of allylic oxidation sites excluding steroid dienone is 1. The van der Waals surface area contributed by atoms with Gasteiger partial charge in [-0.2, -0.15) is 10.2 Å². The summed E-state index contributed by atoms with van der Waals surface area (Å²) in [5.41, 5.74) is 0.616. The van der Waals surface area contributed by atoms with E-state index in [1.807, 2.05) is 0 Å². The molecular formula is C17H16N4O3S. The normalized spacial score (nSPS) is 17.4. The molecule has 25 heavy (non-hydrogen) atoms. The van der Waals surface area contributed by atoms with E-state index in [0.29, 0.717) is 12.1 Å². The Hall–Kier alpha value is -3.00. The van der Waals surface area contributed by atoms with E-state index < -0.39 is 10.0 Å². The average molecular weight is 356 g/mol. The highest BCUT2D eigenvalue weighted by molar-refractivity contribution is 7.96. The maximum Gasteiger partial charge on any atom is 0.262 e. The first-order valence-corrected chi connectivity index (χ1v) is 9.03. The lowest BCUT2D eigenvalue weighted by Gasteiger charge is -2.13. The molecular weight excluding hydrogens is 340 g/mol. The molecule has 1 aliphatic carbocycles. The van der Waals surface area contributed by atoms with Crippen molar-refractivity contribution in [1.29, 1.82) is 0 Å². The van der Waals surface area contributed by atoms with Crippen molar-refractivity contribution < 1.29 is 13.5 Å². The average Bonchev–Trinajstić information content (AvgIpc) is 2.62. The fourth-order valence-corrected chi connectivity index (χ4v) is 3.24. The maximum atomic E-state index is 12.3. The second kappa shape index (κ2) is 7.27. The Balaban J connectivity index is 1.64. The number of nitrogens with one attached hydrogen (secondary N) is 1. The number of phenolic OH excluding ortho intramolecular Hbond substituents is 1. The highest BCUT2D eigenvalue weighted by Crippen LogP contribution is 2.22. The molecule has 1 aliphatic rings. The Morgan fingerprint density at radius 1 is 1.16 bits per heavy atom. The molecule has 1 atom stereocenters. The lowest BCUT2D eigenvalue weighted by atomic mass is 10.1. The molecule has 1 aromatic carbocycles. The van der Waals surface area contributed by atoms with E-state index in [2.05, 4.69) is 19.9 Å². The summed E-state index contributed by atoms with van der Waals surface area (Å²) < 4.78 is 27.1. The van der Waals surface area contributed by atoms with Crippen molar-refractivity contribution >= 4 is 21.5 Å². The molecule has 0 amide bonds. The minimum Gasteiger partial charge on any atom is -0.508 e. The second-order valence-electron chi connectivity index (χ2n) is 5.32. The first-order valence-electron chi connectivity index (χ1n) is 7.55. The third kappa shape index (κ3) is 4.51. The van der Waals surface area contributed by atoms with Gasteiger partial charge in [0.25, 0.3) is 10.0 Å². The third-order valence-corrected chi connectivity index (χ3v) is 4.83. The molecule has 2 N–H and O–H groups in total. The van der Waals surface area contributed by atoms with E-state index in [1.54, 1.807) is 42.5 Å². The number of aromatic hydroxyl groups is 1. The number of phenols is 1. The predicted octanol–water partition coefficient (Wildman–Crippen LogP) is 3.53. The number of anilines is 1. The van der Waals surface area contributed by atoms with Crippen molar-refractivity contribution in [1.82, 2.24) is 4.98 Å². The van der Waals surface area contributed by atoms with Gasteiger partial charge in [0.15, 0.2) is 0 Å². The molecule has 1 heterocycles. The number of nitrogens with zero attached hydrogens (tertiary/aromatic N) is 3. The summed E-state index contributed by atoms with van der Waals surface area (Å²) in [6, 6.07) is 11.1. The summed E-state index contributed by atoms with van der Waals surface area (Å²) in [6.07, 6.45) is 6.75. The topological polar surface area (TPSA) is 104 Å². The minimum atomic E-state index is -3.67. The van der Waals surface area contributed by atoms with Gasteiger partial charge in [0.2, 0.25) is 0 Å². The summed E-state index contributed by atoms with van der Waals surface area (Å²) in [7, 11) is -3.67. The van der Waals surface area contributed by atoms with Gasteiger partial charge in [-0.1, -0.05) is 18.2 Å². The quantitative estimate of drug-likeness (QED) is 0.800. The Morgan fingerprint density at radius 3 is 2.60 bits per heavy atom. The van der Waals surface area contributed by atoms with Gasteiger partial charge in [-0.3, -0.25) is 4.72 Å². The van der Waals surface area contributed by atoms with Crippen molar-refractivity contribution in [2.75, 3.05) is 4.72 Å². The molecule has 2 aromatic rings. The zero-order chi connectivity index (χ0) is 17.7. The molecule has 0 fully saturated rings. The number of rotatable bonds is 5. The minimum absolute atomic E-state index is 0.162. The van der Waals surface area contributed by atoms with Gasteiger partial charge in [-0.15, -0.1) is 0 Å². The van der Waals surface area contributed by atoms with Crippen molar-refractivity contribution in [2.24, 2.45) is 10.2 Å². The summed E-state index contributed by atoms with van der Waals surface area (Å²) in [4.78, 5) is 4.13. The van der Waals surface area contributed by atoms with E-state index in [4.69, 9.17) is 0 Å². The zero-order valence-electron chi connectivity index (χ0n) is 13.1. The van der Waals surface area contributed by atoms with Crippen LogP contribution in [0.5, 0.6) is 5.75 Å².